The summed E-state index contributed by atoms with van der Waals surface area (Å²) >= 11 is 6.18. The third-order valence-corrected chi connectivity index (χ3v) is 4.15. The van der Waals surface area contributed by atoms with E-state index in [9.17, 15) is 14.7 Å². The molecule has 0 aromatic heterocycles. The number of rotatable bonds is 3. The van der Waals surface area contributed by atoms with E-state index in [1.54, 1.807) is 11.0 Å². The van der Waals surface area contributed by atoms with Crippen molar-refractivity contribution < 1.29 is 14.7 Å². The summed E-state index contributed by atoms with van der Waals surface area (Å²) in [7, 11) is 0. The maximum atomic E-state index is 11.7. The largest absolute Gasteiger partial charge is 0.480 e. The molecule has 21 heavy (non-hydrogen) atoms. The Morgan fingerprint density at radius 2 is 1.86 bits per heavy atom. The minimum atomic E-state index is -0.918. The lowest BCUT2D eigenvalue weighted by atomic mass is 10.0. The number of hydrogen-bond donors (Lipinski definition) is 1. The lowest BCUT2D eigenvalue weighted by molar-refractivity contribution is -0.145. The molecule has 2 rings (SSSR count). The second kappa shape index (κ2) is 6.45. The molecule has 1 aromatic rings. The number of aliphatic carboxylic acids is 1. The van der Waals surface area contributed by atoms with Gasteiger partial charge in [0.2, 0.25) is 5.91 Å². The molecule has 0 aliphatic carbocycles. The number of benzene rings is 1. The number of halogens is 1. The minimum Gasteiger partial charge on any atom is -0.480 e. The topological polar surface area (TPSA) is 60.9 Å². The van der Waals surface area contributed by atoms with Gasteiger partial charge in [-0.25, -0.2) is 0 Å². The summed E-state index contributed by atoms with van der Waals surface area (Å²) in [5.74, 6) is -0.895. The van der Waals surface area contributed by atoms with E-state index in [1.807, 2.05) is 24.0 Å². The summed E-state index contributed by atoms with van der Waals surface area (Å²) in [6.45, 7) is 5.58. The summed E-state index contributed by atoms with van der Waals surface area (Å²) in [5.41, 5.74) is 1.59. The molecule has 1 amide bonds. The van der Waals surface area contributed by atoms with Crippen LogP contribution >= 0.6 is 11.6 Å². The second-order valence-corrected chi connectivity index (χ2v) is 5.71. The fourth-order valence-electron chi connectivity index (χ4n) is 2.65. The fraction of sp³-hybridized carbons (Fsp3) is 0.467. The lowest BCUT2D eigenvalue weighted by Crippen LogP contribution is -2.50. The van der Waals surface area contributed by atoms with E-state index in [2.05, 4.69) is 0 Å². The highest BCUT2D eigenvalue weighted by molar-refractivity contribution is 6.31. The van der Waals surface area contributed by atoms with Crippen molar-refractivity contribution in [2.24, 2.45) is 0 Å². The highest BCUT2D eigenvalue weighted by atomic mass is 35.5. The first kappa shape index (κ1) is 15.8. The first-order valence-corrected chi connectivity index (χ1v) is 7.26. The molecular weight excluding hydrogens is 292 g/mol. The van der Waals surface area contributed by atoms with Crippen LogP contribution in [0.15, 0.2) is 18.2 Å². The molecule has 1 aliphatic rings. The van der Waals surface area contributed by atoms with Gasteiger partial charge in [-0.05, 0) is 18.6 Å². The molecular formula is C15H19ClN2O3. The summed E-state index contributed by atoms with van der Waals surface area (Å²) in [6, 6.07) is 4.64. The van der Waals surface area contributed by atoms with Gasteiger partial charge in [0.15, 0.2) is 0 Å². The molecule has 1 atom stereocenters. The van der Waals surface area contributed by atoms with Crippen molar-refractivity contribution in [3.05, 3.63) is 34.3 Å². The molecule has 1 fully saturated rings. The number of amides is 1. The van der Waals surface area contributed by atoms with Crippen LogP contribution in [-0.4, -0.2) is 53.0 Å². The second-order valence-electron chi connectivity index (χ2n) is 5.31. The predicted octanol–water partition coefficient (Wildman–Crippen LogP) is 1.94. The van der Waals surface area contributed by atoms with Gasteiger partial charge in [0.25, 0.3) is 0 Å². The Kier molecular flexibility index (Phi) is 4.85. The number of carbonyl (C=O) groups excluding carboxylic acids is 1. The molecule has 0 spiro atoms. The molecule has 0 radical (unpaired) electrons. The Morgan fingerprint density at radius 3 is 2.38 bits per heavy atom. The maximum Gasteiger partial charge on any atom is 0.325 e. The van der Waals surface area contributed by atoms with Crippen LogP contribution in [0.3, 0.4) is 0 Å². The van der Waals surface area contributed by atoms with Gasteiger partial charge in [0, 0.05) is 38.1 Å². The molecule has 1 aromatic carbocycles. The Bertz CT molecular complexity index is 554. The number of piperazine rings is 1. The van der Waals surface area contributed by atoms with Gasteiger partial charge in [-0.2, -0.15) is 0 Å². The van der Waals surface area contributed by atoms with E-state index >= 15 is 0 Å². The predicted molar refractivity (Wildman–Crippen MR) is 80.4 cm³/mol. The Morgan fingerprint density at radius 1 is 1.24 bits per heavy atom. The zero-order chi connectivity index (χ0) is 15.6. The van der Waals surface area contributed by atoms with Crippen LogP contribution in [0, 0.1) is 6.92 Å². The van der Waals surface area contributed by atoms with E-state index in [0.717, 1.165) is 5.56 Å². The third-order valence-electron chi connectivity index (χ3n) is 3.80. The summed E-state index contributed by atoms with van der Waals surface area (Å²) in [6.07, 6.45) is 0. The Hall–Kier alpha value is -1.59. The first-order chi connectivity index (χ1) is 9.90. The van der Waals surface area contributed by atoms with Gasteiger partial charge in [-0.3, -0.25) is 14.5 Å². The molecule has 1 heterocycles. The zero-order valence-corrected chi connectivity index (χ0v) is 12.9. The number of carboxylic acid groups (broad SMARTS) is 1. The van der Waals surface area contributed by atoms with Crippen LogP contribution in [-0.2, 0) is 9.59 Å². The summed E-state index contributed by atoms with van der Waals surface area (Å²) in [4.78, 5) is 26.6. The minimum absolute atomic E-state index is 0.0233. The van der Waals surface area contributed by atoms with E-state index in [-0.39, 0.29) is 5.91 Å². The molecule has 114 valence electrons. The van der Waals surface area contributed by atoms with Gasteiger partial charge in [0.05, 0.1) is 0 Å². The monoisotopic (exact) mass is 310 g/mol. The van der Waals surface area contributed by atoms with Crippen molar-refractivity contribution in [1.29, 1.82) is 0 Å². The van der Waals surface area contributed by atoms with Gasteiger partial charge in [-0.1, -0.05) is 29.3 Å². The summed E-state index contributed by atoms with van der Waals surface area (Å²) < 4.78 is 0. The first-order valence-electron chi connectivity index (χ1n) is 6.88. The smallest absolute Gasteiger partial charge is 0.325 e. The van der Waals surface area contributed by atoms with Crippen molar-refractivity contribution in [2.75, 3.05) is 26.2 Å². The lowest BCUT2D eigenvalue weighted by Gasteiger charge is -2.37. The van der Waals surface area contributed by atoms with Crippen LogP contribution in [0.1, 0.15) is 24.1 Å². The number of carboxylic acids is 1. The molecule has 1 aliphatic heterocycles. The van der Waals surface area contributed by atoms with Crippen molar-refractivity contribution in [3.63, 3.8) is 0 Å². The van der Waals surface area contributed by atoms with Crippen molar-refractivity contribution in [3.8, 4) is 0 Å². The van der Waals surface area contributed by atoms with Gasteiger partial charge in [-0.15, -0.1) is 0 Å². The molecule has 0 saturated carbocycles. The van der Waals surface area contributed by atoms with Crippen molar-refractivity contribution >= 4 is 23.5 Å². The highest BCUT2D eigenvalue weighted by Crippen LogP contribution is 2.29. The average Bonchev–Trinajstić information content (AvgIpc) is 2.43. The third kappa shape index (κ3) is 3.54. The quantitative estimate of drug-likeness (QED) is 0.927. The number of aryl methyl sites for hydroxylation is 1. The standard InChI is InChI=1S/C15H19ClN2O3/c1-10-3-4-13(16)12(9-10)14(15(20)21)18-7-5-17(6-8-18)11(2)19/h3-4,9,14H,5-8H2,1-2H3,(H,20,21). The molecule has 0 bridgehead atoms. The fourth-order valence-corrected chi connectivity index (χ4v) is 2.87. The van der Waals surface area contributed by atoms with Gasteiger partial charge < -0.3 is 10.0 Å². The molecule has 6 heteroatoms. The molecule has 1 N–H and O–H groups in total. The number of nitrogens with zero attached hydrogens (tertiary/aromatic N) is 2. The van der Waals surface area contributed by atoms with E-state index < -0.39 is 12.0 Å². The van der Waals surface area contributed by atoms with Gasteiger partial charge >= 0.3 is 5.97 Å². The Balaban J connectivity index is 2.23. The zero-order valence-electron chi connectivity index (χ0n) is 12.2. The van der Waals surface area contributed by atoms with Crippen LogP contribution in [0.4, 0.5) is 0 Å². The van der Waals surface area contributed by atoms with Crippen molar-refractivity contribution in [2.45, 2.75) is 19.9 Å². The average molecular weight is 311 g/mol. The number of carbonyl (C=O) groups is 2. The molecule has 1 unspecified atom stereocenters. The van der Waals surface area contributed by atoms with E-state index in [1.165, 1.54) is 6.92 Å². The normalized spacial score (nSPS) is 17.6. The van der Waals surface area contributed by atoms with Crippen LogP contribution < -0.4 is 0 Å². The van der Waals surface area contributed by atoms with Crippen LogP contribution in [0.25, 0.3) is 0 Å². The van der Waals surface area contributed by atoms with E-state index in [4.69, 9.17) is 11.6 Å². The van der Waals surface area contributed by atoms with Crippen LogP contribution in [0.5, 0.6) is 0 Å². The molecule has 1 saturated heterocycles. The maximum absolute atomic E-state index is 11.7. The van der Waals surface area contributed by atoms with Crippen molar-refractivity contribution in [1.82, 2.24) is 9.80 Å². The van der Waals surface area contributed by atoms with Crippen LogP contribution in [0.2, 0.25) is 5.02 Å². The van der Waals surface area contributed by atoms with Gasteiger partial charge in [0.1, 0.15) is 6.04 Å². The number of hydrogen-bond acceptors (Lipinski definition) is 3. The Labute approximate surface area is 129 Å². The summed E-state index contributed by atoms with van der Waals surface area (Å²) in [5, 5.41) is 10.0. The molecule has 5 nitrogen and oxygen atoms in total. The van der Waals surface area contributed by atoms with E-state index in [0.29, 0.717) is 36.8 Å². The SMILES string of the molecule is CC(=O)N1CCN(C(C(=O)O)c2cc(C)ccc2Cl)CC1. The highest BCUT2D eigenvalue weighted by Gasteiger charge is 2.32.